The molecule has 6 nitrogen and oxygen atoms in total. The van der Waals surface area contributed by atoms with Gasteiger partial charge < -0.3 is 10.4 Å². The Balaban J connectivity index is 0.000000298. The van der Waals surface area contributed by atoms with Crippen LogP contribution in [0.5, 0.6) is 0 Å². The zero-order chi connectivity index (χ0) is 19.4. The molecule has 146 valence electrons. The number of carbonyl (C=O) groups excluding carboxylic acids is 1. The van der Waals surface area contributed by atoms with E-state index in [0.717, 1.165) is 32.4 Å². The number of halogens is 3. The SMILES string of the molecule is CC[C@@H]1N(Cc2nccs2)CCC[C@]12CCC(=O)N2.O=C(O)C(F)(F)F. The molecule has 26 heavy (non-hydrogen) atoms. The summed E-state index contributed by atoms with van der Waals surface area (Å²) in [5.41, 5.74) is 0.0291. The fourth-order valence-corrected chi connectivity index (χ4v) is 4.43. The molecule has 2 N–H and O–H groups in total. The lowest BCUT2D eigenvalue weighted by Crippen LogP contribution is -2.61. The molecule has 0 radical (unpaired) electrons. The average molecular weight is 393 g/mol. The Morgan fingerprint density at radius 1 is 1.50 bits per heavy atom. The van der Waals surface area contributed by atoms with Crippen molar-refractivity contribution in [3.8, 4) is 0 Å². The zero-order valence-corrected chi connectivity index (χ0v) is 15.2. The van der Waals surface area contributed by atoms with Crippen LogP contribution in [-0.2, 0) is 16.1 Å². The molecule has 0 aromatic carbocycles. The minimum Gasteiger partial charge on any atom is -0.475 e. The predicted octanol–water partition coefficient (Wildman–Crippen LogP) is 2.80. The van der Waals surface area contributed by atoms with Crippen molar-refractivity contribution in [3.63, 3.8) is 0 Å². The molecular weight excluding hydrogens is 371 g/mol. The van der Waals surface area contributed by atoms with Gasteiger partial charge in [0.1, 0.15) is 5.01 Å². The second-order valence-corrected chi connectivity index (χ2v) is 7.41. The van der Waals surface area contributed by atoms with Crippen molar-refractivity contribution in [3.05, 3.63) is 16.6 Å². The van der Waals surface area contributed by atoms with E-state index in [2.05, 4.69) is 22.1 Å². The van der Waals surface area contributed by atoms with Gasteiger partial charge in [-0.2, -0.15) is 13.2 Å². The number of hydrogen-bond acceptors (Lipinski definition) is 5. The van der Waals surface area contributed by atoms with Gasteiger partial charge in [-0.3, -0.25) is 9.69 Å². The lowest BCUT2D eigenvalue weighted by molar-refractivity contribution is -0.192. The Morgan fingerprint density at radius 2 is 2.19 bits per heavy atom. The van der Waals surface area contributed by atoms with Crippen molar-refractivity contribution in [1.82, 2.24) is 15.2 Å². The maximum absolute atomic E-state index is 11.7. The molecule has 1 spiro atoms. The summed E-state index contributed by atoms with van der Waals surface area (Å²) in [6.45, 7) is 4.28. The summed E-state index contributed by atoms with van der Waals surface area (Å²) in [4.78, 5) is 27.5. The molecule has 0 saturated carbocycles. The Hall–Kier alpha value is -1.68. The molecule has 1 amide bonds. The van der Waals surface area contributed by atoms with Gasteiger partial charge in [-0.1, -0.05) is 6.92 Å². The Morgan fingerprint density at radius 3 is 2.65 bits per heavy atom. The molecule has 10 heteroatoms. The standard InChI is InChI=1S/C14H21N3OS.C2HF3O2/c1-2-11-14(6-4-12(18)16-14)5-3-8-17(11)10-13-15-7-9-19-13;3-2(4,5)1(6)7/h7,9,11H,2-6,8,10H2,1H3,(H,16,18);(H,6,7)/t11-,14-;/m0./s1. The highest BCUT2D eigenvalue weighted by atomic mass is 32.1. The van der Waals surface area contributed by atoms with Crippen molar-refractivity contribution in [2.24, 2.45) is 0 Å². The second kappa shape index (κ2) is 8.34. The zero-order valence-electron chi connectivity index (χ0n) is 14.4. The molecular formula is C16H22F3N3O3S. The van der Waals surface area contributed by atoms with Crippen LogP contribution in [0.15, 0.2) is 11.6 Å². The molecule has 0 bridgehead atoms. The van der Waals surface area contributed by atoms with Crippen LogP contribution < -0.4 is 5.32 Å². The second-order valence-electron chi connectivity index (χ2n) is 6.43. The van der Waals surface area contributed by atoms with Crippen LogP contribution in [0, 0.1) is 0 Å². The summed E-state index contributed by atoms with van der Waals surface area (Å²) in [6.07, 6.45) is 1.87. The molecule has 2 saturated heterocycles. The number of rotatable bonds is 3. The van der Waals surface area contributed by atoms with E-state index in [1.165, 1.54) is 11.4 Å². The minimum absolute atomic E-state index is 0.0291. The molecule has 2 aliphatic rings. The van der Waals surface area contributed by atoms with E-state index in [-0.39, 0.29) is 11.4 Å². The fourth-order valence-electron chi connectivity index (χ4n) is 3.79. The van der Waals surface area contributed by atoms with Gasteiger partial charge in [-0.15, -0.1) is 11.3 Å². The van der Waals surface area contributed by atoms with E-state index in [0.29, 0.717) is 12.5 Å². The van der Waals surface area contributed by atoms with Gasteiger partial charge >= 0.3 is 12.1 Å². The van der Waals surface area contributed by atoms with E-state index >= 15 is 0 Å². The van der Waals surface area contributed by atoms with Gasteiger partial charge in [0, 0.05) is 24.0 Å². The number of carboxylic acid groups (broad SMARTS) is 1. The quantitative estimate of drug-likeness (QED) is 0.825. The summed E-state index contributed by atoms with van der Waals surface area (Å²) in [7, 11) is 0. The first-order valence-electron chi connectivity index (χ1n) is 8.41. The highest BCUT2D eigenvalue weighted by Crippen LogP contribution is 2.37. The first-order chi connectivity index (χ1) is 12.2. The van der Waals surface area contributed by atoms with Crippen LogP contribution in [0.4, 0.5) is 13.2 Å². The summed E-state index contributed by atoms with van der Waals surface area (Å²) in [6, 6.07) is 0.455. The number of carbonyl (C=O) groups is 2. The van der Waals surface area contributed by atoms with Gasteiger partial charge in [-0.25, -0.2) is 9.78 Å². The third-order valence-corrected chi connectivity index (χ3v) is 5.55. The van der Waals surface area contributed by atoms with Crippen LogP contribution in [0.2, 0.25) is 0 Å². The smallest absolute Gasteiger partial charge is 0.475 e. The molecule has 2 atom stereocenters. The number of aliphatic carboxylic acids is 1. The summed E-state index contributed by atoms with van der Waals surface area (Å²) < 4.78 is 31.7. The van der Waals surface area contributed by atoms with Crippen molar-refractivity contribution in [2.75, 3.05) is 6.54 Å². The predicted molar refractivity (Wildman–Crippen MR) is 89.6 cm³/mol. The normalized spacial score (nSPS) is 26.3. The Bertz CT molecular complexity index is 624. The number of nitrogens with one attached hydrogen (secondary N) is 1. The van der Waals surface area contributed by atoms with Crippen LogP contribution in [0.1, 0.15) is 44.0 Å². The first-order valence-corrected chi connectivity index (χ1v) is 9.29. The third kappa shape index (κ3) is 4.94. The molecule has 1 aromatic rings. The lowest BCUT2D eigenvalue weighted by atomic mass is 9.78. The van der Waals surface area contributed by atoms with E-state index in [4.69, 9.17) is 9.90 Å². The number of nitrogens with zero attached hydrogens (tertiary/aromatic N) is 2. The van der Waals surface area contributed by atoms with E-state index in [1.54, 1.807) is 11.3 Å². The highest BCUT2D eigenvalue weighted by Gasteiger charge is 2.47. The van der Waals surface area contributed by atoms with Gasteiger partial charge in [0.15, 0.2) is 0 Å². The summed E-state index contributed by atoms with van der Waals surface area (Å²) in [5.74, 6) is -2.53. The fraction of sp³-hybridized carbons (Fsp3) is 0.688. The topological polar surface area (TPSA) is 82.5 Å². The minimum atomic E-state index is -5.08. The summed E-state index contributed by atoms with van der Waals surface area (Å²) in [5, 5.41) is 13.6. The largest absolute Gasteiger partial charge is 0.490 e. The molecule has 0 unspecified atom stereocenters. The number of carboxylic acids is 1. The van der Waals surface area contributed by atoms with Gasteiger partial charge in [0.05, 0.1) is 12.1 Å². The Kier molecular flexibility index (Phi) is 6.62. The number of likely N-dealkylation sites (tertiary alicyclic amines) is 1. The number of thiazole rings is 1. The maximum atomic E-state index is 11.7. The number of alkyl halides is 3. The summed E-state index contributed by atoms with van der Waals surface area (Å²) >= 11 is 1.72. The average Bonchev–Trinajstić information content (AvgIpc) is 3.18. The van der Waals surface area contributed by atoms with E-state index in [1.807, 2.05) is 11.6 Å². The van der Waals surface area contributed by atoms with Crippen molar-refractivity contribution >= 4 is 23.2 Å². The molecule has 0 aliphatic carbocycles. The van der Waals surface area contributed by atoms with Crippen LogP contribution in [-0.4, -0.2) is 51.2 Å². The molecule has 3 heterocycles. The molecule has 2 aliphatic heterocycles. The number of piperidine rings is 1. The Labute approximate surface area is 153 Å². The number of amides is 1. The van der Waals surface area contributed by atoms with Gasteiger partial charge in [0.25, 0.3) is 0 Å². The van der Waals surface area contributed by atoms with Crippen LogP contribution in [0.3, 0.4) is 0 Å². The number of aromatic nitrogens is 1. The highest BCUT2D eigenvalue weighted by molar-refractivity contribution is 7.09. The van der Waals surface area contributed by atoms with E-state index in [9.17, 15) is 18.0 Å². The van der Waals surface area contributed by atoms with Crippen LogP contribution in [0.25, 0.3) is 0 Å². The first kappa shape index (κ1) is 20.6. The molecule has 3 rings (SSSR count). The van der Waals surface area contributed by atoms with Crippen LogP contribution >= 0.6 is 11.3 Å². The van der Waals surface area contributed by atoms with Crippen molar-refractivity contribution in [1.29, 1.82) is 0 Å². The molecule has 1 aromatic heterocycles. The number of hydrogen-bond donors (Lipinski definition) is 2. The maximum Gasteiger partial charge on any atom is 0.490 e. The monoisotopic (exact) mass is 393 g/mol. The molecule has 2 fully saturated rings. The van der Waals surface area contributed by atoms with Gasteiger partial charge in [-0.05, 0) is 32.2 Å². The lowest BCUT2D eigenvalue weighted by Gasteiger charge is -2.47. The van der Waals surface area contributed by atoms with Crippen molar-refractivity contribution in [2.45, 2.75) is 63.3 Å². The van der Waals surface area contributed by atoms with Crippen molar-refractivity contribution < 1.29 is 27.9 Å². The third-order valence-electron chi connectivity index (χ3n) is 4.78. The van der Waals surface area contributed by atoms with Gasteiger partial charge in [0.2, 0.25) is 5.91 Å². The van der Waals surface area contributed by atoms with E-state index < -0.39 is 12.1 Å².